The molecule has 0 aliphatic heterocycles. The zero-order chi connectivity index (χ0) is 15.9. The Hall–Kier alpha value is -1.36. The molecule has 0 unspecified atom stereocenters. The highest BCUT2D eigenvalue weighted by atomic mass is 16.5. The van der Waals surface area contributed by atoms with Crippen molar-refractivity contribution in [3.8, 4) is 5.88 Å². The van der Waals surface area contributed by atoms with E-state index in [1.54, 1.807) is 13.4 Å². The van der Waals surface area contributed by atoms with Crippen LogP contribution < -0.4 is 10.1 Å². The number of nitrogens with one attached hydrogen (secondary N) is 1. The molecule has 5 nitrogen and oxygen atoms in total. The number of rotatable bonds is 9. The molecular formula is C16H29N3O2. The molecule has 0 bridgehead atoms. The van der Waals surface area contributed by atoms with E-state index in [2.05, 4.69) is 36.1 Å². The molecule has 1 aromatic rings. The highest BCUT2D eigenvalue weighted by molar-refractivity contribution is 5.50. The molecular weight excluding hydrogens is 266 g/mol. The van der Waals surface area contributed by atoms with Crippen molar-refractivity contribution in [3.63, 3.8) is 0 Å². The SMILES string of the molecule is CCCNc1ncnc(OCCC(C)(C)OC)c1C(C)C. The van der Waals surface area contributed by atoms with Crippen LogP contribution in [0.3, 0.4) is 0 Å². The minimum absolute atomic E-state index is 0.186. The summed E-state index contributed by atoms with van der Waals surface area (Å²) in [6.45, 7) is 12.0. The Kier molecular flexibility index (Phi) is 6.89. The smallest absolute Gasteiger partial charge is 0.222 e. The van der Waals surface area contributed by atoms with Gasteiger partial charge in [-0.25, -0.2) is 9.97 Å². The maximum Gasteiger partial charge on any atom is 0.222 e. The van der Waals surface area contributed by atoms with Crippen LogP contribution in [0.2, 0.25) is 0 Å². The number of methoxy groups -OCH3 is 1. The summed E-state index contributed by atoms with van der Waals surface area (Å²) < 4.78 is 11.3. The van der Waals surface area contributed by atoms with Gasteiger partial charge in [-0.2, -0.15) is 0 Å². The van der Waals surface area contributed by atoms with Gasteiger partial charge in [0.2, 0.25) is 5.88 Å². The van der Waals surface area contributed by atoms with E-state index in [0.717, 1.165) is 30.8 Å². The Morgan fingerprint density at radius 1 is 1.29 bits per heavy atom. The normalized spacial score (nSPS) is 11.8. The van der Waals surface area contributed by atoms with Gasteiger partial charge in [-0.05, 0) is 26.2 Å². The Morgan fingerprint density at radius 2 is 2.00 bits per heavy atom. The molecule has 5 heteroatoms. The first kappa shape index (κ1) is 17.7. The van der Waals surface area contributed by atoms with Crippen LogP contribution in [0.1, 0.15) is 58.9 Å². The number of hydrogen-bond donors (Lipinski definition) is 1. The van der Waals surface area contributed by atoms with Crippen LogP contribution in [0.25, 0.3) is 0 Å². The van der Waals surface area contributed by atoms with E-state index in [1.165, 1.54) is 0 Å². The van der Waals surface area contributed by atoms with Crippen molar-refractivity contribution in [2.75, 3.05) is 25.6 Å². The molecule has 1 aromatic heterocycles. The fourth-order valence-electron chi connectivity index (χ4n) is 1.89. The quantitative estimate of drug-likeness (QED) is 0.754. The summed E-state index contributed by atoms with van der Waals surface area (Å²) in [7, 11) is 1.72. The van der Waals surface area contributed by atoms with Crippen LogP contribution in [0.4, 0.5) is 5.82 Å². The summed E-state index contributed by atoms with van der Waals surface area (Å²) >= 11 is 0. The molecule has 1 rings (SSSR count). The van der Waals surface area contributed by atoms with E-state index in [0.29, 0.717) is 18.4 Å². The fourth-order valence-corrected chi connectivity index (χ4v) is 1.89. The van der Waals surface area contributed by atoms with Crippen LogP contribution in [-0.4, -0.2) is 35.8 Å². The standard InChI is InChI=1S/C16H29N3O2/c1-7-9-17-14-13(12(2)3)15(19-11-18-14)21-10-8-16(4,5)20-6/h11-12H,7-10H2,1-6H3,(H,17,18,19). The van der Waals surface area contributed by atoms with Gasteiger partial charge in [0.1, 0.15) is 12.1 Å². The first-order valence-electron chi connectivity index (χ1n) is 7.68. The molecule has 0 radical (unpaired) electrons. The first-order chi connectivity index (χ1) is 9.91. The molecule has 0 atom stereocenters. The highest BCUT2D eigenvalue weighted by Crippen LogP contribution is 2.30. The van der Waals surface area contributed by atoms with Gasteiger partial charge in [-0.15, -0.1) is 0 Å². The van der Waals surface area contributed by atoms with Crippen molar-refractivity contribution >= 4 is 5.82 Å². The predicted octanol–water partition coefficient (Wildman–Crippen LogP) is 3.62. The number of nitrogens with zero attached hydrogens (tertiary/aromatic N) is 2. The van der Waals surface area contributed by atoms with E-state index < -0.39 is 0 Å². The van der Waals surface area contributed by atoms with Crippen molar-refractivity contribution < 1.29 is 9.47 Å². The van der Waals surface area contributed by atoms with Gasteiger partial charge < -0.3 is 14.8 Å². The molecule has 0 spiro atoms. The third-order valence-electron chi connectivity index (χ3n) is 3.46. The van der Waals surface area contributed by atoms with E-state index in [4.69, 9.17) is 9.47 Å². The lowest BCUT2D eigenvalue weighted by Crippen LogP contribution is -2.25. The van der Waals surface area contributed by atoms with Crippen LogP contribution in [-0.2, 0) is 4.74 Å². The lowest BCUT2D eigenvalue weighted by molar-refractivity contribution is 0.00498. The van der Waals surface area contributed by atoms with E-state index in [9.17, 15) is 0 Å². The molecule has 120 valence electrons. The summed E-state index contributed by atoms with van der Waals surface area (Å²) in [5, 5.41) is 3.35. The maximum atomic E-state index is 5.89. The average molecular weight is 295 g/mol. The lowest BCUT2D eigenvalue weighted by Gasteiger charge is -2.23. The van der Waals surface area contributed by atoms with E-state index in [1.807, 2.05) is 13.8 Å². The van der Waals surface area contributed by atoms with Crippen molar-refractivity contribution in [2.45, 2.75) is 59.0 Å². The molecule has 0 aliphatic rings. The summed E-state index contributed by atoms with van der Waals surface area (Å²) in [5.74, 6) is 1.85. The number of anilines is 1. The molecule has 0 aliphatic carbocycles. The topological polar surface area (TPSA) is 56.3 Å². The summed E-state index contributed by atoms with van der Waals surface area (Å²) in [6.07, 6.45) is 3.42. The van der Waals surface area contributed by atoms with Crippen LogP contribution in [0.15, 0.2) is 6.33 Å². The van der Waals surface area contributed by atoms with Crippen molar-refractivity contribution in [1.29, 1.82) is 0 Å². The Labute approximate surface area is 128 Å². The van der Waals surface area contributed by atoms with Gasteiger partial charge in [-0.3, -0.25) is 0 Å². The minimum atomic E-state index is -0.186. The molecule has 1 N–H and O–H groups in total. The Morgan fingerprint density at radius 3 is 2.57 bits per heavy atom. The predicted molar refractivity (Wildman–Crippen MR) is 86.1 cm³/mol. The molecule has 21 heavy (non-hydrogen) atoms. The lowest BCUT2D eigenvalue weighted by atomic mass is 10.0. The monoisotopic (exact) mass is 295 g/mol. The Balaban J connectivity index is 2.81. The molecule has 0 fully saturated rings. The van der Waals surface area contributed by atoms with Crippen molar-refractivity contribution in [2.24, 2.45) is 0 Å². The number of ether oxygens (including phenoxy) is 2. The first-order valence-corrected chi connectivity index (χ1v) is 7.68. The van der Waals surface area contributed by atoms with Gasteiger partial charge in [0, 0.05) is 20.1 Å². The third-order valence-corrected chi connectivity index (χ3v) is 3.46. The fraction of sp³-hybridized carbons (Fsp3) is 0.750. The summed E-state index contributed by atoms with van der Waals surface area (Å²) in [4.78, 5) is 8.64. The molecule has 0 saturated heterocycles. The molecule has 1 heterocycles. The Bertz CT molecular complexity index is 434. The maximum absolute atomic E-state index is 5.89. The van der Waals surface area contributed by atoms with Crippen LogP contribution >= 0.6 is 0 Å². The van der Waals surface area contributed by atoms with E-state index in [-0.39, 0.29) is 5.60 Å². The molecule has 0 aromatic carbocycles. The third kappa shape index (κ3) is 5.50. The van der Waals surface area contributed by atoms with Gasteiger partial charge in [0.05, 0.1) is 17.8 Å². The number of hydrogen-bond acceptors (Lipinski definition) is 5. The second-order valence-electron chi connectivity index (χ2n) is 6.08. The molecule has 0 amide bonds. The van der Waals surface area contributed by atoms with Gasteiger partial charge in [0.15, 0.2) is 0 Å². The second kappa shape index (κ2) is 8.17. The number of aromatic nitrogens is 2. The largest absolute Gasteiger partial charge is 0.477 e. The summed E-state index contributed by atoms with van der Waals surface area (Å²) in [5.41, 5.74) is 0.857. The van der Waals surface area contributed by atoms with Crippen molar-refractivity contribution in [1.82, 2.24) is 9.97 Å². The van der Waals surface area contributed by atoms with Crippen LogP contribution in [0.5, 0.6) is 5.88 Å². The molecule has 0 saturated carbocycles. The highest BCUT2D eigenvalue weighted by Gasteiger charge is 2.19. The minimum Gasteiger partial charge on any atom is -0.477 e. The van der Waals surface area contributed by atoms with Gasteiger partial charge in [-0.1, -0.05) is 20.8 Å². The van der Waals surface area contributed by atoms with Gasteiger partial charge >= 0.3 is 0 Å². The zero-order valence-electron chi connectivity index (χ0n) is 14.2. The van der Waals surface area contributed by atoms with Gasteiger partial charge in [0.25, 0.3) is 0 Å². The average Bonchev–Trinajstić information content (AvgIpc) is 2.44. The van der Waals surface area contributed by atoms with E-state index >= 15 is 0 Å². The zero-order valence-corrected chi connectivity index (χ0v) is 14.2. The summed E-state index contributed by atoms with van der Waals surface area (Å²) in [6, 6.07) is 0. The van der Waals surface area contributed by atoms with Crippen LogP contribution in [0, 0.1) is 0 Å². The second-order valence-corrected chi connectivity index (χ2v) is 6.08. The van der Waals surface area contributed by atoms with Crippen molar-refractivity contribution in [3.05, 3.63) is 11.9 Å².